The van der Waals surface area contributed by atoms with Crippen LogP contribution in [0.2, 0.25) is 5.15 Å². The fourth-order valence-corrected chi connectivity index (χ4v) is 1.93. The molecule has 0 aliphatic carbocycles. The zero-order valence-electron chi connectivity index (χ0n) is 9.63. The number of nitriles is 1. The molecule has 0 spiro atoms. The van der Waals surface area contributed by atoms with Gasteiger partial charge in [0.1, 0.15) is 22.6 Å². The van der Waals surface area contributed by atoms with Gasteiger partial charge < -0.3 is 9.15 Å². The first-order chi connectivity index (χ1) is 9.28. The molecule has 3 rings (SSSR count). The van der Waals surface area contributed by atoms with Crippen LogP contribution in [0.25, 0.3) is 11.0 Å². The van der Waals surface area contributed by atoms with Crippen LogP contribution >= 0.6 is 11.6 Å². The van der Waals surface area contributed by atoms with E-state index in [-0.39, 0.29) is 5.76 Å². The van der Waals surface area contributed by atoms with E-state index >= 15 is 0 Å². The number of aromatic nitrogens is 1. The maximum Gasteiger partial charge on any atom is 0.247 e. The van der Waals surface area contributed by atoms with Gasteiger partial charge in [-0.05, 0) is 18.2 Å². The van der Waals surface area contributed by atoms with Crippen molar-refractivity contribution in [3.8, 4) is 17.6 Å². The lowest BCUT2D eigenvalue weighted by Gasteiger charge is -2.03. The van der Waals surface area contributed by atoms with Gasteiger partial charge in [-0.2, -0.15) is 5.26 Å². The Bertz CT molecular complexity index is 789. The molecule has 19 heavy (non-hydrogen) atoms. The van der Waals surface area contributed by atoms with Gasteiger partial charge in [0, 0.05) is 12.3 Å². The first-order valence-corrected chi connectivity index (χ1v) is 5.87. The molecule has 0 saturated carbocycles. The van der Waals surface area contributed by atoms with Crippen LogP contribution in [0.1, 0.15) is 5.76 Å². The first kappa shape index (κ1) is 11.6. The van der Waals surface area contributed by atoms with E-state index in [1.807, 2.05) is 24.3 Å². The van der Waals surface area contributed by atoms with Gasteiger partial charge in [0.05, 0.1) is 5.39 Å². The lowest BCUT2D eigenvalue weighted by atomic mass is 10.2. The van der Waals surface area contributed by atoms with Crippen molar-refractivity contribution < 1.29 is 9.15 Å². The number of ether oxygens (including phenoxy) is 1. The van der Waals surface area contributed by atoms with E-state index in [0.717, 1.165) is 5.39 Å². The molecule has 5 heteroatoms. The third-order valence-electron chi connectivity index (χ3n) is 2.57. The van der Waals surface area contributed by atoms with Crippen molar-refractivity contribution in [2.75, 3.05) is 0 Å². The Morgan fingerprint density at radius 2 is 2.11 bits per heavy atom. The molecule has 1 aromatic carbocycles. The fourth-order valence-electron chi connectivity index (χ4n) is 1.76. The number of hydrogen-bond acceptors (Lipinski definition) is 4. The fraction of sp³-hybridized carbons (Fsp3) is 0. The Morgan fingerprint density at radius 1 is 1.26 bits per heavy atom. The van der Waals surface area contributed by atoms with Crippen molar-refractivity contribution in [3.63, 3.8) is 0 Å². The number of para-hydroxylation sites is 1. The molecule has 0 aliphatic heterocycles. The summed E-state index contributed by atoms with van der Waals surface area (Å²) < 4.78 is 11.1. The molecule has 0 atom stereocenters. The highest BCUT2D eigenvalue weighted by atomic mass is 35.5. The van der Waals surface area contributed by atoms with Crippen molar-refractivity contribution in [2.45, 2.75) is 0 Å². The molecule has 0 saturated heterocycles. The van der Waals surface area contributed by atoms with Crippen LogP contribution in [-0.4, -0.2) is 4.98 Å². The Balaban J connectivity index is 2.12. The lowest BCUT2D eigenvalue weighted by Crippen LogP contribution is -1.86. The highest BCUT2D eigenvalue weighted by molar-refractivity contribution is 6.29. The molecule has 92 valence electrons. The molecule has 0 aliphatic rings. The summed E-state index contributed by atoms with van der Waals surface area (Å²) >= 11 is 5.80. The van der Waals surface area contributed by atoms with Gasteiger partial charge >= 0.3 is 0 Å². The predicted octanol–water partition coefficient (Wildman–Crippen LogP) is 4.15. The average molecular weight is 271 g/mol. The third-order valence-corrected chi connectivity index (χ3v) is 2.78. The first-order valence-electron chi connectivity index (χ1n) is 5.49. The van der Waals surface area contributed by atoms with Crippen molar-refractivity contribution in [3.05, 3.63) is 53.5 Å². The predicted molar refractivity (Wildman–Crippen MR) is 70.3 cm³/mol. The lowest BCUT2D eigenvalue weighted by molar-refractivity contribution is 0.466. The van der Waals surface area contributed by atoms with Crippen LogP contribution in [0.5, 0.6) is 11.5 Å². The van der Waals surface area contributed by atoms with Crippen molar-refractivity contribution in [2.24, 2.45) is 0 Å². The molecule has 4 nitrogen and oxygen atoms in total. The Kier molecular flexibility index (Phi) is 2.82. The number of nitrogens with zero attached hydrogens (tertiary/aromatic N) is 2. The van der Waals surface area contributed by atoms with Crippen LogP contribution in [0, 0.1) is 11.3 Å². The largest absolute Gasteiger partial charge is 0.452 e. The van der Waals surface area contributed by atoms with Gasteiger partial charge in [0.2, 0.25) is 5.76 Å². The van der Waals surface area contributed by atoms with Gasteiger partial charge in [-0.1, -0.05) is 23.7 Å². The van der Waals surface area contributed by atoms with Crippen LogP contribution in [0.4, 0.5) is 0 Å². The molecule has 0 bridgehead atoms. The van der Waals surface area contributed by atoms with Crippen molar-refractivity contribution in [1.82, 2.24) is 4.98 Å². The normalized spacial score (nSPS) is 10.3. The molecular formula is C14H7ClN2O2. The van der Waals surface area contributed by atoms with E-state index < -0.39 is 0 Å². The van der Waals surface area contributed by atoms with Crippen molar-refractivity contribution in [1.29, 1.82) is 5.26 Å². The summed E-state index contributed by atoms with van der Waals surface area (Å²) in [6.45, 7) is 0. The molecule has 2 aromatic heterocycles. The molecule has 0 unspecified atom stereocenters. The Morgan fingerprint density at radius 3 is 2.89 bits per heavy atom. The summed E-state index contributed by atoms with van der Waals surface area (Å²) in [4.78, 5) is 3.87. The summed E-state index contributed by atoms with van der Waals surface area (Å²) in [7, 11) is 0. The number of furan rings is 1. The number of hydrogen-bond donors (Lipinski definition) is 0. The summed E-state index contributed by atoms with van der Waals surface area (Å²) in [5.41, 5.74) is 0.606. The second-order valence-corrected chi connectivity index (χ2v) is 4.17. The number of halogens is 1. The molecule has 3 aromatic rings. The van der Waals surface area contributed by atoms with Gasteiger partial charge in [0.25, 0.3) is 0 Å². The summed E-state index contributed by atoms with van der Waals surface area (Å²) in [5, 5.41) is 10.2. The quantitative estimate of drug-likeness (QED) is 0.657. The molecule has 2 heterocycles. The van der Waals surface area contributed by atoms with Gasteiger partial charge in [-0.15, -0.1) is 0 Å². The maximum atomic E-state index is 9.09. The zero-order valence-corrected chi connectivity index (χ0v) is 10.4. The molecule has 0 fully saturated rings. The minimum Gasteiger partial charge on any atom is -0.452 e. The van der Waals surface area contributed by atoms with Crippen LogP contribution in [0.3, 0.4) is 0 Å². The van der Waals surface area contributed by atoms with E-state index in [2.05, 4.69) is 4.98 Å². The second kappa shape index (κ2) is 4.63. The molecule has 0 amide bonds. The second-order valence-electron chi connectivity index (χ2n) is 3.78. The third kappa shape index (κ3) is 2.12. The average Bonchev–Trinajstić information content (AvgIpc) is 2.77. The number of rotatable bonds is 2. The Labute approximate surface area is 113 Å². The topological polar surface area (TPSA) is 59.0 Å². The standard InChI is InChI=1S/C14H7ClN2O2/c15-13-7-9(5-6-17-13)18-14-10-3-1-2-4-11(10)19-12(14)8-16/h1-7H. The number of pyridine rings is 1. The maximum absolute atomic E-state index is 9.09. The van der Waals surface area contributed by atoms with Crippen LogP contribution in [-0.2, 0) is 0 Å². The number of fused-ring (bicyclic) bond motifs is 1. The summed E-state index contributed by atoms with van der Waals surface area (Å²) in [6.07, 6.45) is 1.53. The SMILES string of the molecule is N#Cc1oc2ccccc2c1Oc1ccnc(Cl)c1. The highest BCUT2D eigenvalue weighted by Gasteiger charge is 2.15. The Hall–Kier alpha value is -2.51. The van der Waals surface area contributed by atoms with Gasteiger partial charge in [-0.25, -0.2) is 4.98 Å². The van der Waals surface area contributed by atoms with E-state index in [0.29, 0.717) is 22.2 Å². The van der Waals surface area contributed by atoms with Crippen LogP contribution < -0.4 is 4.74 Å². The van der Waals surface area contributed by atoms with E-state index in [1.165, 1.54) is 6.20 Å². The van der Waals surface area contributed by atoms with E-state index in [9.17, 15) is 0 Å². The monoisotopic (exact) mass is 270 g/mol. The molecule has 0 N–H and O–H groups in total. The van der Waals surface area contributed by atoms with Crippen molar-refractivity contribution >= 4 is 22.6 Å². The van der Waals surface area contributed by atoms with Gasteiger partial charge in [-0.3, -0.25) is 0 Å². The smallest absolute Gasteiger partial charge is 0.247 e. The minimum atomic E-state index is 0.133. The van der Waals surface area contributed by atoms with E-state index in [1.54, 1.807) is 18.2 Å². The molecule has 0 radical (unpaired) electrons. The van der Waals surface area contributed by atoms with E-state index in [4.69, 9.17) is 26.0 Å². The highest BCUT2D eigenvalue weighted by Crippen LogP contribution is 2.35. The summed E-state index contributed by atoms with van der Waals surface area (Å²) in [5.74, 6) is 1.03. The van der Waals surface area contributed by atoms with Gasteiger partial charge in [0.15, 0.2) is 5.75 Å². The summed E-state index contributed by atoms with van der Waals surface area (Å²) in [6, 6.07) is 12.5. The molecular weight excluding hydrogens is 264 g/mol. The van der Waals surface area contributed by atoms with Crippen LogP contribution in [0.15, 0.2) is 47.0 Å². The minimum absolute atomic E-state index is 0.133. The zero-order chi connectivity index (χ0) is 13.2. The number of benzene rings is 1.